The number of aliphatic hydroxyl groups is 1. The molecule has 0 radical (unpaired) electrons. The van der Waals surface area contributed by atoms with Gasteiger partial charge in [0.2, 0.25) is 0 Å². The van der Waals surface area contributed by atoms with Crippen molar-refractivity contribution in [2.24, 2.45) is 46.3 Å². The lowest BCUT2D eigenvalue weighted by Crippen LogP contribution is -2.55. The fraction of sp³-hybridized carbons (Fsp3) is 0.917. The van der Waals surface area contributed by atoms with Crippen LogP contribution in [0, 0.1) is 58.7 Å². The molecule has 1 saturated heterocycles. The summed E-state index contributed by atoms with van der Waals surface area (Å²) in [6.07, 6.45) is 17.6. The zero-order valence-electron chi connectivity index (χ0n) is 16.7. The summed E-state index contributed by atoms with van der Waals surface area (Å²) >= 11 is 0. The van der Waals surface area contributed by atoms with Gasteiger partial charge in [0, 0.05) is 0 Å². The Hall–Kier alpha value is -0.520. The van der Waals surface area contributed by atoms with Gasteiger partial charge in [-0.1, -0.05) is 12.8 Å². The molecular formula is C24H36O2. The Labute approximate surface area is 159 Å². The molecule has 0 bridgehead atoms. The highest BCUT2D eigenvalue weighted by molar-refractivity contribution is 5.19. The molecular weight excluding hydrogens is 320 g/mol. The van der Waals surface area contributed by atoms with Gasteiger partial charge >= 0.3 is 0 Å². The number of terminal acetylenes is 1. The summed E-state index contributed by atoms with van der Waals surface area (Å²) in [4.78, 5) is 0. The molecule has 0 spiro atoms. The maximum Gasteiger partial charge on any atom is 0.0810 e. The van der Waals surface area contributed by atoms with E-state index in [1.807, 2.05) is 0 Å². The molecule has 4 aliphatic carbocycles. The summed E-state index contributed by atoms with van der Waals surface area (Å²) in [5.74, 6) is 8.23. The predicted molar refractivity (Wildman–Crippen MR) is 103 cm³/mol. The normalized spacial score (nSPS) is 55.0. The van der Waals surface area contributed by atoms with Crippen molar-refractivity contribution in [3.8, 4) is 12.3 Å². The molecule has 0 amide bonds. The van der Waals surface area contributed by atoms with Crippen LogP contribution in [0.2, 0.25) is 0 Å². The van der Waals surface area contributed by atoms with E-state index in [0.717, 1.165) is 55.6 Å². The summed E-state index contributed by atoms with van der Waals surface area (Å²) in [5, 5.41) is 10.6. The monoisotopic (exact) mass is 356 g/mol. The second-order valence-electron chi connectivity index (χ2n) is 11.1. The molecule has 0 aromatic rings. The van der Waals surface area contributed by atoms with Crippen LogP contribution in [0.4, 0.5) is 0 Å². The molecule has 0 aromatic heterocycles. The third-order valence-corrected chi connectivity index (χ3v) is 9.91. The average molecular weight is 357 g/mol. The van der Waals surface area contributed by atoms with Gasteiger partial charge < -0.3 is 9.84 Å². The van der Waals surface area contributed by atoms with Gasteiger partial charge in [-0.25, -0.2) is 0 Å². The number of fused-ring (bicyclic) bond motifs is 5. The predicted octanol–water partition coefficient (Wildman–Crippen LogP) is 4.66. The van der Waals surface area contributed by atoms with Gasteiger partial charge in [0.25, 0.3) is 0 Å². The van der Waals surface area contributed by atoms with Crippen LogP contribution >= 0.6 is 0 Å². The van der Waals surface area contributed by atoms with Gasteiger partial charge in [0.15, 0.2) is 0 Å². The largest absolute Gasteiger partial charge is 0.390 e. The maximum atomic E-state index is 10.6. The fourth-order valence-electron chi connectivity index (χ4n) is 8.70. The molecule has 1 N–H and O–H groups in total. The Morgan fingerprint density at radius 1 is 0.923 bits per heavy atom. The van der Waals surface area contributed by atoms with Crippen molar-refractivity contribution >= 4 is 0 Å². The van der Waals surface area contributed by atoms with Gasteiger partial charge in [-0.15, -0.1) is 6.42 Å². The van der Waals surface area contributed by atoms with Crippen LogP contribution in [-0.4, -0.2) is 23.9 Å². The number of ether oxygens (including phenoxy) is 1. The Kier molecular flexibility index (Phi) is 3.88. The van der Waals surface area contributed by atoms with E-state index in [2.05, 4.69) is 19.8 Å². The Balaban J connectivity index is 1.38. The molecule has 2 nitrogen and oxygen atoms in total. The quantitative estimate of drug-likeness (QED) is 0.693. The second-order valence-corrected chi connectivity index (χ2v) is 11.1. The second kappa shape index (κ2) is 5.74. The highest BCUT2D eigenvalue weighted by Gasteiger charge is 2.62. The molecule has 26 heavy (non-hydrogen) atoms. The molecule has 0 unspecified atom stereocenters. The topological polar surface area (TPSA) is 29.5 Å². The molecule has 4 saturated carbocycles. The van der Waals surface area contributed by atoms with Crippen molar-refractivity contribution in [1.29, 1.82) is 0 Å². The van der Waals surface area contributed by atoms with Crippen LogP contribution in [0.3, 0.4) is 0 Å². The lowest BCUT2D eigenvalue weighted by Gasteiger charge is -2.59. The molecule has 2 heteroatoms. The first-order valence-corrected chi connectivity index (χ1v) is 11.2. The first-order chi connectivity index (χ1) is 12.4. The van der Waals surface area contributed by atoms with Crippen LogP contribution in [0.15, 0.2) is 0 Å². The van der Waals surface area contributed by atoms with Crippen molar-refractivity contribution in [2.75, 3.05) is 13.2 Å². The first kappa shape index (κ1) is 17.6. The molecule has 8 atom stereocenters. The molecule has 1 heterocycles. The van der Waals surface area contributed by atoms with E-state index >= 15 is 0 Å². The van der Waals surface area contributed by atoms with Gasteiger partial charge in [0.1, 0.15) is 0 Å². The highest BCUT2D eigenvalue weighted by atomic mass is 16.5. The van der Waals surface area contributed by atoms with Gasteiger partial charge in [0.05, 0.1) is 24.2 Å². The Bertz CT molecular complexity index is 612. The summed E-state index contributed by atoms with van der Waals surface area (Å²) < 4.78 is 5.60. The molecule has 1 aliphatic heterocycles. The van der Waals surface area contributed by atoms with Crippen LogP contribution in [-0.2, 0) is 4.74 Å². The number of hydrogen-bond donors (Lipinski definition) is 1. The minimum absolute atomic E-state index is 0.0388. The first-order valence-electron chi connectivity index (χ1n) is 11.2. The van der Waals surface area contributed by atoms with E-state index in [-0.39, 0.29) is 5.41 Å². The van der Waals surface area contributed by atoms with Crippen LogP contribution < -0.4 is 0 Å². The lowest BCUT2D eigenvalue weighted by atomic mass is 9.47. The third-order valence-electron chi connectivity index (χ3n) is 9.91. The zero-order valence-corrected chi connectivity index (χ0v) is 16.7. The van der Waals surface area contributed by atoms with E-state index in [9.17, 15) is 5.11 Å². The Morgan fingerprint density at radius 3 is 2.38 bits per heavy atom. The molecule has 5 aliphatic rings. The van der Waals surface area contributed by atoms with Crippen LogP contribution in [0.5, 0.6) is 0 Å². The van der Waals surface area contributed by atoms with Crippen LogP contribution in [0.25, 0.3) is 0 Å². The van der Waals surface area contributed by atoms with E-state index in [4.69, 9.17) is 11.2 Å². The minimum atomic E-state index is -0.404. The molecule has 144 valence electrons. The smallest absolute Gasteiger partial charge is 0.0810 e. The van der Waals surface area contributed by atoms with Gasteiger partial charge in [-0.2, -0.15) is 0 Å². The van der Waals surface area contributed by atoms with Crippen molar-refractivity contribution in [2.45, 2.75) is 77.2 Å². The molecule has 5 rings (SSSR count). The van der Waals surface area contributed by atoms with Crippen molar-refractivity contribution < 1.29 is 9.84 Å². The van der Waals surface area contributed by atoms with Crippen molar-refractivity contribution in [1.82, 2.24) is 0 Å². The lowest BCUT2D eigenvalue weighted by molar-refractivity contribution is -0.154. The summed E-state index contributed by atoms with van der Waals surface area (Å²) in [6.45, 7) is 6.24. The van der Waals surface area contributed by atoms with Crippen LogP contribution in [0.1, 0.15) is 71.6 Å². The highest BCUT2D eigenvalue weighted by Crippen LogP contribution is 2.67. The average Bonchev–Trinajstić information content (AvgIpc) is 2.91. The van der Waals surface area contributed by atoms with Crippen molar-refractivity contribution in [3.63, 3.8) is 0 Å². The maximum absolute atomic E-state index is 10.6. The number of hydrogen-bond acceptors (Lipinski definition) is 2. The van der Waals surface area contributed by atoms with E-state index in [1.54, 1.807) is 0 Å². The minimum Gasteiger partial charge on any atom is -0.390 e. The number of rotatable bonds is 1. The zero-order chi connectivity index (χ0) is 18.2. The van der Waals surface area contributed by atoms with E-state index < -0.39 is 5.60 Å². The molecule has 5 fully saturated rings. The Morgan fingerprint density at radius 2 is 1.69 bits per heavy atom. The van der Waals surface area contributed by atoms with Crippen molar-refractivity contribution in [3.05, 3.63) is 0 Å². The third kappa shape index (κ3) is 2.32. The molecule has 0 aromatic carbocycles. The van der Waals surface area contributed by atoms with Gasteiger partial charge in [-0.05, 0) is 106 Å². The summed E-state index contributed by atoms with van der Waals surface area (Å²) in [5.41, 5.74) is 0.0699. The van der Waals surface area contributed by atoms with Gasteiger partial charge in [-0.3, -0.25) is 0 Å². The fourth-order valence-corrected chi connectivity index (χ4v) is 8.70. The standard InChI is InChI=1S/C24H36O2/c1-4-24(14-26-15-24)21-8-7-20-19-6-5-16-13-22(2,25)11-9-17(16)18(19)10-12-23(20,21)3/h1,16-21,25H,5-15H2,2-3H3/t16-,17+,18-,19-,20+,21+,22-,23+/m1/s1. The SMILES string of the molecule is C#CC1([C@H]2CC[C@H]3[C@@H]4CC[C@@H]5C[C@](C)(O)CC[C@@H]5[C@H]4CC[C@]23C)COC1. The van der Waals surface area contributed by atoms with E-state index in [1.165, 1.54) is 44.9 Å². The summed E-state index contributed by atoms with van der Waals surface area (Å²) in [6, 6.07) is 0. The summed E-state index contributed by atoms with van der Waals surface area (Å²) in [7, 11) is 0. The van der Waals surface area contributed by atoms with E-state index in [0.29, 0.717) is 11.3 Å².